The molecule has 4 aromatic rings. The molecule has 0 spiro atoms. The van der Waals surface area contributed by atoms with Crippen molar-refractivity contribution in [3.63, 3.8) is 0 Å². The van der Waals surface area contributed by atoms with Crippen molar-refractivity contribution in [1.29, 1.82) is 0 Å². The Morgan fingerprint density at radius 3 is 2.43 bits per heavy atom. The maximum atomic E-state index is 4.45. The predicted octanol–water partition coefficient (Wildman–Crippen LogP) is 4.70. The molecule has 0 saturated heterocycles. The number of rotatable bonds is 2. The van der Waals surface area contributed by atoms with Gasteiger partial charge in [0.15, 0.2) is 5.65 Å². The first-order chi connectivity index (χ1) is 11.2. The summed E-state index contributed by atoms with van der Waals surface area (Å²) in [6.07, 6.45) is 3.63. The van der Waals surface area contributed by atoms with Crippen LogP contribution in [0.25, 0.3) is 28.0 Å². The maximum absolute atomic E-state index is 4.45. The van der Waals surface area contributed by atoms with E-state index in [1.165, 1.54) is 22.3 Å². The molecule has 3 nitrogen and oxygen atoms in total. The van der Waals surface area contributed by atoms with E-state index in [9.17, 15) is 0 Å². The molecule has 0 saturated carbocycles. The predicted molar refractivity (Wildman–Crippen MR) is 93.8 cm³/mol. The second kappa shape index (κ2) is 5.36. The highest BCUT2D eigenvalue weighted by Gasteiger charge is 2.07. The van der Waals surface area contributed by atoms with Crippen molar-refractivity contribution in [3.05, 3.63) is 78.2 Å². The zero-order chi connectivity index (χ0) is 15.8. The molecule has 0 aliphatic rings. The van der Waals surface area contributed by atoms with Crippen molar-refractivity contribution in [1.82, 2.24) is 14.5 Å². The number of benzene rings is 2. The number of aryl methyl sites for hydroxylation is 2. The second-order valence-corrected chi connectivity index (χ2v) is 5.89. The van der Waals surface area contributed by atoms with Gasteiger partial charge in [0.1, 0.15) is 11.8 Å². The molecule has 0 N–H and O–H groups in total. The van der Waals surface area contributed by atoms with Gasteiger partial charge in [-0.2, -0.15) is 0 Å². The zero-order valence-electron chi connectivity index (χ0n) is 13.2. The number of fused-ring (bicyclic) bond motifs is 1. The molecule has 0 atom stereocenters. The van der Waals surface area contributed by atoms with Crippen LogP contribution in [0.5, 0.6) is 0 Å². The Labute approximate surface area is 135 Å². The molecule has 3 heteroatoms. The van der Waals surface area contributed by atoms with Gasteiger partial charge in [-0.15, -0.1) is 0 Å². The Morgan fingerprint density at radius 1 is 0.783 bits per heavy atom. The fraction of sp³-hybridized carbons (Fsp3) is 0.100. The standard InChI is InChI=1S/C20H17N3/c1-14-9-15(2)11-17(10-14)16-5-3-6-18(12-16)23-13-22-19-7-4-8-21-20(19)23/h3-13H,1-2H3. The van der Waals surface area contributed by atoms with Gasteiger partial charge in [0.25, 0.3) is 0 Å². The second-order valence-electron chi connectivity index (χ2n) is 5.89. The number of hydrogen-bond donors (Lipinski definition) is 0. The summed E-state index contributed by atoms with van der Waals surface area (Å²) in [7, 11) is 0. The van der Waals surface area contributed by atoms with Crippen LogP contribution in [-0.4, -0.2) is 14.5 Å². The van der Waals surface area contributed by atoms with Crippen LogP contribution in [0.4, 0.5) is 0 Å². The molecule has 4 rings (SSSR count). The monoisotopic (exact) mass is 299 g/mol. The van der Waals surface area contributed by atoms with Crippen molar-refractivity contribution >= 4 is 11.2 Å². The van der Waals surface area contributed by atoms with Crippen LogP contribution in [0, 0.1) is 13.8 Å². The lowest BCUT2D eigenvalue weighted by molar-refractivity contribution is 1.07. The van der Waals surface area contributed by atoms with Crippen molar-refractivity contribution in [2.24, 2.45) is 0 Å². The molecule has 0 radical (unpaired) electrons. The van der Waals surface area contributed by atoms with Gasteiger partial charge in [0, 0.05) is 11.9 Å². The quantitative estimate of drug-likeness (QED) is 0.537. The van der Waals surface area contributed by atoms with Gasteiger partial charge >= 0.3 is 0 Å². The first-order valence-corrected chi connectivity index (χ1v) is 7.68. The van der Waals surface area contributed by atoms with Crippen LogP contribution in [0.3, 0.4) is 0 Å². The highest BCUT2D eigenvalue weighted by molar-refractivity contribution is 5.74. The van der Waals surface area contributed by atoms with Crippen molar-refractivity contribution in [3.8, 4) is 16.8 Å². The molecule has 2 heterocycles. The van der Waals surface area contributed by atoms with Crippen LogP contribution in [0.2, 0.25) is 0 Å². The third-order valence-electron chi connectivity index (χ3n) is 3.99. The van der Waals surface area contributed by atoms with Crippen LogP contribution in [0.15, 0.2) is 67.1 Å². The van der Waals surface area contributed by atoms with Crippen molar-refractivity contribution in [2.75, 3.05) is 0 Å². The summed E-state index contributed by atoms with van der Waals surface area (Å²) < 4.78 is 2.03. The minimum absolute atomic E-state index is 0.880. The summed E-state index contributed by atoms with van der Waals surface area (Å²) in [6, 6.07) is 19.0. The average molecular weight is 299 g/mol. The van der Waals surface area contributed by atoms with Crippen molar-refractivity contribution < 1.29 is 0 Å². The lowest BCUT2D eigenvalue weighted by Crippen LogP contribution is -1.94. The normalized spacial score (nSPS) is 11.0. The van der Waals surface area contributed by atoms with Crippen LogP contribution in [0.1, 0.15) is 11.1 Å². The van der Waals surface area contributed by atoms with Gasteiger partial charge < -0.3 is 0 Å². The Kier molecular flexibility index (Phi) is 3.19. The topological polar surface area (TPSA) is 30.7 Å². The van der Waals surface area contributed by atoms with E-state index in [1.54, 1.807) is 6.20 Å². The third-order valence-corrected chi connectivity index (χ3v) is 3.99. The Morgan fingerprint density at radius 2 is 1.61 bits per heavy atom. The van der Waals surface area contributed by atoms with E-state index in [-0.39, 0.29) is 0 Å². The number of nitrogens with zero attached hydrogens (tertiary/aromatic N) is 3. The fourth-order valence-corrected chi connectivity index (χ4v) is 3.02. The molecule has 0 aliphatic carbocycles. The summed E-state index contributed by atoms with van der Waals surface area (Å²) in [5.41, 5.74) is 7.85. The van der Waals surface area contributed by atoms with Gasteiger partial charge in [0.05, 0.1) is 0 Å². The molecule has 0 bridgehead atoms. The van der Waals surface area contributed by atoms with Crippen LogP contribution >= 0.6 is 0 Å². The van der Waals surface area contributed by atoms with E-state index >= 15 is 0 Å². The molecule has 0 unspecified atom stereocenters. The smallest absolute Gasteiger partial charge is 0.164 e. The van der Waals surface area contributed by atoms with Gasteiger partial charge in [-0.05, 0) is 49.2 Å². The van der Waals surface area contributed by atoms with E-state index in [0.717, 1.165) is 16.9 Å². The minimum atomic E-state index is 0.880. The highest BCUT2D eigenvalue weighted by atomic mass is 15.1. The highest BCUT2D eigenvalue weighted by Crippen LogP contribution is 2.25. The molecule has 0 aliphatic heterocycles. The average Bonchev–Trinajstić information content (AvgIpc) is 2.98. The van der Waals surface area contributed by atoms with Gasteiger partial charge in [-0.25, -0.2) is 9.97 Å². The fourth-order valence-electron chi connectivity index (χ4n) is 3.02. The molecule has 0 fully saturated rings. The number of aromatic nitrogens is 3. The minimum Gasteiger partial charge on any atom is -0.283 e. The summed E-state index contributed by atoms with van der Waals surface area (Å²) >= 11 is 0. The molecular weight excluding hydrogens is 282 g/mol. The van der Waals surface area contributed by atoms with E-state index in [2.05, 4.69) is 66.3 Å². The maximum Gasteiger partial charge on any atom is 0.164 e. The Hall–Kier alpha value is -2.94. The summed E-state index contributed by atoms with van der Waals surface area (Å²) in [4.78, 5) is 8.87. The molecular formula is C20H17N3. The molecule has 2 aromatic carbocycles. The van der Waals surface area contributed by atoms with Crippen molar-refractivity contribution in [2.45, 2.75) is 13.8 Å². The first kappa shape index (κ1) is 13.7. The van der Waals surface area contributed by atoms with Gasteiger partial charge in [-0.3, -0.25) is 4.57 Å². The first-order valence-electron chi connectivity index (χ1n) is 7.68. The van der Waals surface area contributed by atoms with E-state index < -0.39 is 0 Å². The number of imidazole rings is 1. The lowest BCUT2D eigenvalue weighted by Gasteiger charge is -2.09. The molecule has 2 aromatic heterocycles. The summed E-state index contributed by atoms with van der Waals surface area (Å²) in [5.74, 6) is 0. The summed E-state index contributed by atoms with van der Waals surface area (Å²) in [6.45, 7) is 4.27. The SMILES string of the molecule is Cc1cc(C)cc(-c2cccc(-n3cnc4cccnc43)c2)c1. The number of hydrogen-bond acceptors (Lipinski definition) is 2. The zero-order valence-corrected chi connectivity index (χ0v) is 13.2. The Balaban J connectivity index is 1.86. The van der Waals surface area contributed by atoms with Gasteiger partial charge in [0.2, 0.25) is 0 Å². The third kappa shape index (κ3) is 2.50. The largest absolute Gasteiger partial charge is 0.283 e. The molecule has 112 valence electrons. The van der Waals surface area contributed by atoms with Crippen LogP contribution < -0.4 is 0 Å². The number of pyridine rings is 1. The van der Waals surface area contributed by atoms with E-state index in [0.29, 0.717) is 0 Å². The lowest BCUT2D eigenvalue weighted by atomic mass is 10.0. The van der Waals surface area contributed by atoms with E-state index in [4.69, 9.17) is 0 Å². The summed E-state index contributed by atoms with van der Waals surface area (Å²) in [5, 5.41) is 0. The van der Waals surface area contributed by atoms with Crippen LogP contribution in [-0.2, 0) is 0 Å². The molecule has 0 amide bonds. The molecule has 23 heavy (non-hydrogen) atoms. The van der Waals surface area contributed by atoms with Gasteiger partial charge in [-0.1, -0.05) is 41.5 Å². The Bertz CT molecular complexity index is 978. The van der Waals surface area contributed by atoms with E-state index in [1.807, 2.05) is 23.0 Å².